The number of fused-ring (bicyclic) bond motifs is 1. The van der Waals surface area contributed by atoms with Gasteiger partial charge in [-0.15, -0.1) is 0 Å². The second kappa shape index (κ2) is 5.57. The second-order valence-corrected chi connectivity index (χ2v) is 4.19. The summed E-state index contributed by atoms with van der Waals surface area (Å²) >= 11 is 0. The molecular formula is C13H19N3O. The van der Waals surface area contributed by atoms with Crippen molar-refractivity contribution >= 4 is 17.3 Å². The van der Waals surface area contributed by atoms with Crippen LogP contribution in [0.25, 0.3) is 0 Å². The van der Waals surface area contributed by atoms with E-state index in [1.807, 2.05) is 18.2 Å². The van der Waals surface area contributed by atoms with Gasteiger partial charge in [0, 0.05) is 19.6 Å². The second-order valence-electron chi connectivity index (χ2n) is 4.19. The molecule has 0 spiro atoms. The monoisotopic (exact) mass is 233 g/mol. The van der Waals surface area contributed by atoms with Crippen LogP contribution in [0, 0.1) is 0 Å². The number of rotatable bonds is 4. The first-order valence-corrected chi connectivity index (χ1v) is 6.22. The van der Waals surface area contributed by atoms with Gasteiger partial charge in [0.2, 0.25) is 0 Å². The summed E-state index contributed by atoms with van der Waals surface area (Å²) < 4.78 is 0. The van der Waals surface area contributed by atoms with Gasteiger partial charge in [0.15, 0.2) is 0 Å². The van der Waals surface area contributed by atoms with Crippen molar-refractivity contribution in [3.05, 3.63) is 23.8 Å². The molecule has 0 aliphatic carbocycles. The molecule has 0 aromatic heterocycles. The molecule has 0 saturated heterocycles. The van der Waals surface area contributed by atoms with Crippen molar-refractivity contribution in [1.82, 2.24) is 5.32 Å². The van der Waals surface area contributed by atoms with Gasteiger partial charge >= 0.3 is 0 Å². The normalized spacial score (nSPS) is 13.2. The summed E-state index contributed by atoms with van der Waals surface area (Å²) in [5.41, 5.74) is 2.66. The van der Waals surface area contributed by atoms with Gasteiger partial charge in [-0.1, -0.05) is 19.4 Å². The molecule has 1 aromatic carbocycles. The Kier molecular flexibility index (Phi) is 3.85. The molecule has 4 heteroatoms. The van der Waals surface area contributed by atoms with Crippen molar-refractivity contribution in [2.45, 2.75) is 19.8 Å². The third-order valence-corrected chi connectivity index (χ3v) is 2.87. The Balaban J connectivity index is 2.12. The Labute approximate surface area is 102 Å². The number of amides is 1. The van der Waals surface area contributed by atoms with Gasteiger partial charge < -0.3 is 16.0 Å². The molecule has 0 radical (unpaired) electrons. The molecule has 17 heavy (non-hydrogen) atoms. The number of carbonyl (C=O) groups excluding carboxylic acids is 1. The molecule has 1 amide bonds. The number of para-hydroxylation sites is 1. The van der Waals surface area contributed by atoms with Gasteiger partial charge in [0.1, 0.15) is 0 Å². The Hall–Kier alpha value is -1.71. The zero-order chi connectivity index (χ0) is 12.1. The molecule has 4 nitrogen and oxygen atoms in total. The molecule has 1 aliphatic rings. The van der Waals surface area contributed by atoms with Crippen molar-refractivity contribution in [3.63, 3.8) is 0 Å². The molecule has 0 saturated carbocycles. The summed E-state index contributed by atoms with van der Waals surface area (Å²) in [4.78, 5) is 12.0. The quantitative estimate of drug-likeness (QED) is 0.698. The highest BCUT2D eigenvalue weighted by Gasteiger charge is 2.16. The minimum Gasteiger partial charge on any atom is -0.382 e. The summed E-state index contributed by atoms with van der Waals surface area (Å²) in [6, 6.07) is 5.76. The van der Waals surface area contributed by atoms with Crippen LogP contribution in [0.4, 0.5) is 11.4 Å². The predicted octanol–water partition coefficient (Wildman–Crippen LogP) is 2.05. The summed E-state index contributed by atoms with van der Waals surface area (Å²) in [5.74, 6) is 0.00602. The van der Waals surface area contributed by atoms with Crippen LogP contribution in [0.5, 0.6) is 0 Å². The average molecular weight is 233 g/mol. The minimum absolute atomic E-state index is 0.00602. The number of unbranched alkanes of at least 4 members (excludes halogenated alkanes) is 1. The first-order valence-electron chi connectivity index (χ1n) is 6.22. The lowest BCUT2D eigenvalue weighted by molar-refractivity contribution is 0.0954. The van der Waals surface area contributed by atoms with Crippen molar-refractivity contribution < 1.29 is 4.79 Å². The van der Waals surface area contributed by atoms with Gasteiger partial charge in [0.05, 0.1) is 16.9 Å². The topological polar surface area (TPSA) is 53.2 Å². The van der Waals surface area contributed by atoms with Crippen LogP contribution in [-0.2, 0) is 0 Å². The average Bonchev–Trinajstić information content (AvgIpc) is 2.38. The first-order chi connectivity index (χ1) is 8.33. The van der Waals surface area contributed by atoms with Crippen LogP contribution in [0.15, 0.2) is 18.2 Å². The van der Waals surface area contributed by atoms with E-state index < -0.39 is 0 Å². The fourth-order valence-corrected chi connectivity index (χ4v) is 1.94. The third-order valence-electron chi connectivity index (χ3n) is 2.87. The number of hydrogen-bond acceptors (Lipinski definition) is 3. The van der Waals surface area contributed by atoms with E-state index in [4.69, 9.17) is 0 Å². The number of benzene rings is 1. The van der Waals surface area contributed by atoms with E-state index in [0.29, 0.717) is 0 Å². The van der Waals surface area contributed by atoms with Gasteiger partial charge in [-0.2, -0.15) is 0 Å². The molecule has 2 rings (SSSR count). The Morgan fingerprint density at radius 2 is 2.18 bits per heavy atom. The third kappa shape index (κ3) is 2.70. The lowest BCUT2D eigenvalue weighted by Crippen LogP contribution is -2.28. The van der Waals surface area contributed by atoms with Crippen molar-refractivity contribution in [3.8, 4) is 0 Å². The van der Waals surface area contributed by atoms with E-state index in [1.165, 1.54) is 0 Å². The van der Waals surface area contributed by atoms with E-state index in [0.717, 1.165) is 49.4 Å². The SMILES string of the molecule is CCCCNC(=O)c1cccc2c1NCCN2. The predicted molar refractivity (Wildman–Crippen MR) is 70.7 cm³/mol. The molecule has 1 aliphatic heterocycles. The van der Waals surface area contributed by atoms with Gasteiger partial charge in [-0.3, -0.25) is 4.79 Å². The van der Waals surface area contributed by atoms with E-state index in [9.17, 15) is 4.79 Å². The summed E-state index contributed by atoms with van der Waals surface area (Å²) in [5, 5.41) is 9.51. The number of anilines is 2. The number of carbonyl (C=O) groups is 1. The minimum atomic E-state index is 0.00602. The van der Waals surface area contributed by atoms with Gasteiger partial charge in [-0.25, -0.2) is 0 Å². The molecular weight excluding hydrogens is 214 g/mol. The largest absolute Gasteiger partial charge is 0.382 e. The molecule has 1 aromatic rings. The van der Waals surface area contributed by atoms with Crippen LogP contribution in [-0.4, -0.2) is 25.5 Å². The molecule has 3 N–H and O–H groups in total. The lowest BCUT2D eigenvalue weighted by atomic mass is 10.1. The zero-order valence-corrected chi connectivity index (χ0v) is 10.2. The summed E-state index contributed by atoms with van der Waals surface area (Å²) in [6.07, 6.45) is 2.11. The van der Waals surface area contributed by atoms with Crippen molar-refractivity contribution in [1.29, 1.82) is 0 Å². The highest BCUT2D eigenvalue weighted by molar-refractivity contribution is 6.02. The number of hydrogen-bond donors (Lipinski definition) is 3. The Bertz CT molecular complexity index is 404. The van der Waals surface area contributed by atoms with Crippen LogP contribution >= 0.6 is 0 Å². The highest BCUT2D eigenvalue weighted by atomic mass is 16.1. The van der Waals surface area contributed by atoms with Gasteiger partial charge in [0.25, 0.3) is 5.91 Å². The van der Waals surface area contributed by atoms with E-state index in [1.54, 1.807) is 0 Å². The van der Waals surface area contributed by atoms with Crippen LogP contribution in [0.3, 0.4) is 0 Å². The van der Waals surface area contributed by atoms with Crippen LogP contribution in [0.1, 0.15) is 30.1 Å². The Morgan fingerprint density at radius 3 is 3.00 bits per heavy atom. The maximum absolute atomic E-state index is 12.0. The van der Waals surface area contributed by atoms with E-state index in [2.05, 4.69) is 22.9 Å². The molecule has 0 unspecified atom stereocenters. The maximum Gasteiger partial charge on any atom is 0.253 e. The smallest absolute Gasteiger partial charge is 0.253 e. The zero-order valence-electron chi connectivity index (χ0n) is 10.2. The standard InChI is InChI=1S/C13H19N3O/c1-2-3-7-16-13(17)10-5-4-6-11-12(10)15-9-8-14-11/h4-6,14-15H,2-3,7-9H2,1H3,(H,16,17). The molecule has 0 atom stereocenters. The fraction of sp³-hybridized carbons (Fsp3) is 0.462. The first kappa shape index (κ1) is 11.8. The molecule has 0 bridgehead atoms. The molecule has 92 valence electrons. The van der Waals surface area contributed by atoms with E-state index in [-0.39, 0.29) is 5.91 Å². The van der Waals surface area contributed by atoms with Crippen LogP contribution < -0.4 is 16.0 Å². The molecule has 0 fully saturated rings. The fourth-order valence-electron chi connectivity index (χ4n) is 1.94. The summed E-state index contributed by atoms with van der Waals surface area (Å²) in [6.45, 7) is 4.61. The number of nitrogens with one attached hydrogen (secondary N) is 3. The summed E-state index contributed by atoms with van der Waals surface area (Å²) in [7, 11) is 0. The van der Waals surface area contributed by atoms with Gasteiger partial charge in [-0.05, 0) is 18.6 Å². The highest BCUT2D eigenvalue weighted by Crippen LogP contribution is 2.28. The van der Waals surface area contributed by atoms with Crippen molar-refractivity contribution in [2.75, 3.05) is 30.3 Å². The Morgan fingerprint density at radius 1 is 1.35 bits per heavy atom. The van der Waals surface area contributed by atoms with Crippen molar-refractivity contribution in [2.24, 2.45) is 0 Å². The maximum atomic E-state index is 12.0. The van der Waals surface area contributed by atoms with Crippen LogP contribution in [0.2, 0.25) is 0 Å². The van der Waals surface area contributed by atoms with E-state index >= 15 is 0 Å². The lowest BCUT2D eigenvalue weighted by Gasteiger charge is -2.22. The molecule has 1 heterocycles.